The molecule has 8 aromatic rings. The molecule has 3 heterocycles. The van der Waals surface area contributed by atoms with Gasteiger partial charge in [0.05, 0.1) is 5.58 Å². The molecule has 0 N–H and O–H groups in total. The van der Waals surface area contributed by atoms with Crippen LogP contribution in [0.25, 0.3) is 66.7 Å². The van der Waals surface area contributed by atoms with Gasteiger partial charge in [0, 0.05) is 57.2 Å². The molecule has 0 spiro atoms. The van der Waals surface area contributed by atoms with Crippen LogP contribution in [0.5, 0.6) is 0 Å². The van der Waals surface area contributed by atoms with E-state index >= 15 is 0 Å². The number of furan rings is 1. The standard InChI is InChI=1S/C35H20F8NO.C13H12N.Ir/c1-18-14-20(21-11-13-27-28(15-21)33(38,39)35(42,43)34(40,41)32(27,36)37)10-12-22(18)26-16-29(44-17-19(26)2)25-8-5-7-24-23-6-3-4-9-30(23)45-31(24)25;1-10-3-6-12(7-4-10)13-8-5-11(2)9-14-13;/h3-7,9-17H,1-2H3;3-6,8-9H,1-2H3;/q2*-1;/i;1D3,2D3;. The van der Waals surface area contributed by atoms with E-state index in [2.05, 4.69) is 22.1 Å². The van der Waals surface area contributed by atoms with Gasteiger partial charge >= 0.3 is 23.7 Å². The van der Waals surface area contributed by atoms with E-state index in [4.69, 9.17) is 12.6 Å². The number of benzene rings is 5. The van der Waals surface area contributed by atoms with Gasteiger partial charge in [0.25, 0.3) is 0 Å². The van der Waals surface area contributed by atoms with E-state index in [1.165, 1.54) is 30.5 Å². The van der Waals surface area contributed by atoms with Crippen molar-refractivity contribution in [3.8, 4) is 44.8 Å². The Balaban J connectivity index is 0.000000260. The van der Waals surface area contributed by atoms with Gasteiger partial charge in [-0.3, -0.25) is 0 Å². The van der Waals surface area contributed by atoms with Crippen LogP contribution in [0.15, 0.2) is 126 Å². The van der Waals surface area contributed by atoms with Gasteiger partial charge in [-0.15, -0.1) is 53.6 Å². The zero-order valence-corrected chi connectivity index (χ0v) is 33.6. The third-order valence-corrected chi connectivity index (χ3v) is 10.3. The van der Waals surface area contributed by atoms with Crippen LogP contribution in [-0.4, -0.2) is 21.8 Å². The molecule has 12 heteroatoms. The number of alkyl halides is 8. The molecular weight excluding hydrogens is 965 g/mol. The summed E-state index contributed by atoms with van der Waals surface area (Å²) >= 11 is 0. The predicted molar refractivity (Wildman–Crippen MR) is 212 cm³/mol. The zero-order chi connectivity index (χ0) is 47.1. The van der Waals surface area contributed by atoms with Gasteiger partial charge in [-0.05, 0) is 83.2 Å². The fourth-order valence-corrected chi connectivity index (χ4v) is 7.10. The first-order chi connectivity index (χ1) is 30.3. The van der Waals surface area contributed by atoms with Crippen molar-refractivity contribution >= 4 is 21.9 Å². The molecule has 0 atom stereocenters. The van der Waals surface area contributed by atoms with Gasteiger partial charge in [-0.1, -0.05) is 84.5 Å². The van der Waals surface area contributed by atoms with Gasteiger partial charge in [0.2, 0.25) is 0 Å². The van der Waals surface area contributed by atoms with Crippen LogP contribution in [-0.2, 0) is 32.0 Å². The number of pyridine rings is 2. The number of halogens is 8. The second-order valence-corrected chi connectivity index (χ2v) is 14.1. The summed E-state index contributed by atoms with van der Waals surface area (Å²) in [6.45, 7) is -0.749. The molecule has 0 amide bonds. The van der Waals surface area contributed by atoms with E-state index in [9.17, 15) is 35.1 Å². The van der Waals surface area contributed by atoms with Gasteiger partial charge in [0.1, 0.15) is 5.58 Å². The summed E-state index contributed by atoms with van der Waals surface area (Å²) < 4.78 is 164. The van der Waals surface area contributed by atoms with Gasteiger partial charge in [-0.2, -0.15) is 35.1 Å². The van der Waals surface area contributed by atoms with E-state index in [0.29, 0.717) is 51.4 Å². The van der Waals surface area contributed by atoms with Crippen molar-refractivity contribution in [1.82, 2.24) is 9.97 Å². The Bertz CT molecular complexity index is 3060. The molecule has 0 unspecified atom stereocenters. The van der Waals surface area contributed by atoms with E-state index in [0.717, 1.165) is 33.5 Å². The first kappa shape index (κ1) is 35.1. The number of hydrogen-bond donors (Lipinski definition) is 0. The van der Waals surface area contributed by atoms with Crippen molar-refractivity contribution < 1.29 is 67.9 Å². The second kappa shape index (κ2) is 15.4. The third kappa shape index (κ3) is 6.89. The van der Waals surface area contributed by atoms with E-state index in [1.54, 1.807) is 43.5 Å². The Hall–Kier alpha value is -5.71. The number of rotatable bonds is 4. The minimum absolute atomic E-state index is 0. The predicted octanol–water partition coefficient (Wildman–Crippen LogP) is 14.0. The minimum Gasteiger partial charge on any atom is -0.501 e. The van der Waals surface area contributed by atoms with Crippen LogP contribution in [0.4, 0.5) is 35.1 Å². The Morgan fingerprint density at radius 1 is 0.600 bits per heavy atom. The molecule has 0 aliphatic heterocycles. The molecule has 3 nitrogen and oxygen atoms in total. The zero-order valence-electron chi connectivity index (χ0n) is 37.2. The van der Waals surface area contributed by atoms with Crippen molar-refractivity contribution in [3.05, 3.63) is 167 Å². The molecule has 0 saturated heterocycles. The molecular formula is C48H32F8IrN2O-2. The Morgan fingerprint density at radius 3 is 1.97 bits per heavy atom. The smallest absolute Gasteiger partial charge is 0.382 e. The first-order valence-electron chi connectivity index (χ1n) is 20.9. The maximum atomic E-state index is 14.7. The maximum absolute atomic E-state index is 14.7. The molecule has 5 aromatic carbocycles. The van der Waals surface area contributed by atoms with Crippen molar-refractivity contribution in [2.75, 3.05) is 0 Å². The van der Waals surface area contributed by atoms with Crippen molar-refractivity contribution in [2.45, 2.75) is 51.2 Å². The summed E-state index contributed by atoms with van der Waals surface area (Å²) in [5, 5.41) is 1.85. The summed E-state index contributed by atoms with van der Waals surface area (Å²) in [6.07, 6.45) is 2.99. The summed E-state index contributed by atoms with van der Waals surface area (Å²) in [5.74, 6) is -23.6. The number of aromatic nitrogens is 2. The average Bonchev–Trinajstić information content (AvgIpc) is 3.65. The molecule has 1 aliphatic rings. The number of para-hydroxylation sites is 1. The molecule has 0 saturated carbocycles. The minimum atomic E-state index is -6.31. The van der Waals surface area contributed by atoms with E-state index in [-0.39, 0.29) is 42.4 Å². The number of fused-ring (bicyclic) bond motifs is 4. The van der Waals surface area contributed by atoms with Crippen molar-refractivity contribution in [1.29, 1.82) is 0 Å². The van der Waals surface area contributed by atoms with Crippen molar-refractivity contribution in [3.63, 3.8) is 0 Å². The Labute approximate surface area is 361 Å². The fourth-order valence-electron chi connectivity index (χ4n) is 7.10. The van der Waals surface area contributed by atoms with Gasteiger partial charge in [-0.25, -0.2) is 0 Å². The second-order valence-electron chi connectivity index (χ2n) is 14.1. The summed E-state index contributed by atoms with van der Waals surface area (Å²) in [7, 11) is 0. The third-order valence-electron chi connectivity index (χ3n) is 10.3. The SMILES string of the molecule is Cc1cc(-c2ccc3c(c2)C(F)(F)C(F)(F)C(F)(F)C3(F)F)ccc1-c1cc(-c2[c-]ccc3c2oc2ccccc23)ncc1C.[2H]C([2H])([2H])c1c[c-]c(-c2ccc(C([2H])([2H])[2H])cn2)cc1.[Ir]. The summed E-state index contributed by atoms with van der Waals surface area (Å²) in [5.41, 5.74) is 3.53. The topological polar surface area (TPSA) is 38.9 Å². The van der Waals surface area contributed by atoms with E-state index in [1.807, 2.05) is 43.3 Å². The molecule has 1 aliphatic carbocycles. The largest absolute Gasteiger partial charge is 0.501 e. The molecule has 60 heavy (non-hydrogen) atoms. The number of nitrogens with zero attached hydrogens (tertiary/aromatic N) is 2. The Morgan fingerprint density at radius 2 is 1.28 bits per heavy atom. The molecule has 0 fully saturated rings. The van der Waals surface area contributed by atoms with Crippen LogP contribution < -0.4 is 0 Å². The molecule has 3 aromatic heterocycles. The molecule has 0 bridgehead atoms. The number of hydrogen-bond acceptors (Lipinski definition) is 3. The summed E-state index contributed by atoms with van der Waals surface area (Å²) in [4.78, 5) is 8.68. The molecule has 9 rings (SSSR count). The van der Waals surface area contributed by atoms with Gasteiger partial charge < -0.3 is 14.4 Å². The van der Waals surface area contributed by atoms with E-state index < -0.39 is 48.5 Å². The Kier molecular flexibility index (Phi) is 9.00. The fraction of sp³-hybridized carbons (Fsp3) is 0.167. The molecule has 307 valence electrons. The quantitative estimate of drug-likeness (QED) is 0.130. The summed E-state index contributed by atoms with van der Waals surface area (Å²) in [6, 6.07) is 33.3. The van der Waals surface area contributed by atoms with Crippen molar-refractivity contribution in [2.24, 2.45) is 0 Å². The van der Waals surface area contributed by atoms with Crippen LogP contribution in [0.3, 0.4) is 0 Å². The monoisotopic (exact) mass is 1000 g/mol. The number of aryl methyl sites for hydroxylation is 4. The van der Waals surface area contributed by atoms with Crippen LogP contribution in [0, 0.1) is 39.7 Å². The maximum Gasteiger partial charge on any atom is 0.382 e. The first-order valence-corrected chi connectivity index (χ1v) is 17.9. The average molecular weight is 1000 g/mol. The van der Waals surface area contributed by atoms with Crippen LogP contribution in [0.2, 0.25) is 0 Å². The molecule has 1 radical (unpaired) electrons. The van der Waals surface area contributed by atoms with Crippen LogP contribution >= 0.6 is 0 Å². The van der Waals surface area contributed by atoms with Crippen LogP contribution in [0.1, 0.15) is 41.6 Å². The van der Waals surface area contributed by atoms with Gasteiger partial charge in [0.15, 0.2) is 0 Å². The normalized spacial score (nSPS) is 17.6.